The van der Waals surface area contributed by atoms with Crippen LogP contribution >= 0.6 is 11.8 Å². The largest absolute Gasteiger partial charge is 0.280 e. The molecule has 2 aliphatic rings. The molecule has 4 nitrogen and oxygen atoms in total. The summed E-state index contributed by atoms with van der Waals surface area (Å²) in [5.74, 6) is 0.630. The number of anilines is 2. The van der Waals surface area contributed by atoms with Crippen molar-refractivity contribution < 1.29 is 4.79 Å². The van der Waals surface area contributed by atoms with Crippen molar-refractivity contribution in [2.45, 2.75) is 76.5 Å². The van der Waals surface area contributed by atoms with Gasteiger partial charge in [0.25, 0.3) is 0 Å². The number of rotatable bonds is 4. The van der Waals surface area contributed by atoms with E-state index in [2.05, 4.69) is 51.1 Å². The van der Waals surface area contributed by atoms with Crippen LogP contribution in [-0.4, -0.2) is 16.1 Å². The van der Waals surface area contributed by atoms with Crippen molar-refractivity contribution in [1.82, 2.24) is 4.98 Å². The smallest absolute Gasteiger partial charge is 0.245 e. The van der Waals surface area contributed by atoms with Gasteiger partial charge in [-0.15, -0.1) is 0 Å². The summed E-state index contributed by atoms with van der Waals surface area (Å²) in [5, 5.41) is 10.4. The number of fused-ring (bicyclic) bond motifs is 3. The Hall–Kier alpha value is -3.10. The second kappa shape index (κ2) is 10.3. The molecule has 0 bridgehead atoms. The third-order valence-electron chi connectivity index (χ3n) is 7.95. The fraction of sp³-hybridized carbons (Fsp3) is 0.406. The predicted molar refractivity (Wildman–Crippen MR) is 151 cm³/mol. The molecule has 0 saturated carbocycles. The van der Waals surface area contributed by atoms with Crippen molar-refractivity contribution in [2.24, 2.45) is 11.3 Å². The molecule has 2 unspecified atom stereocenters. The van der Waals surface area contributed by atoms with Gasteiger partial charge in [0.05, 0.1) is 22.2 Å². The number of aromatic nitrogens is 1. The lowest BCUT2D eigenvalue weighted by Crippen LogP contribution is -2.35. The summed E-state index contributed by atoms with van der Waals surface area (Å²) in [6.45, 7) is 8.93. The van der Waals surface area contributed by atoms with E-state index in [4.69, 9.17) is 4.98 Å². The maximum atomic E-state index is 14.2. The van der Waals surface area contributed by atoms with Crippen LogP contribution in [0.15, 0.2) is 59.6 Å². The Morgan fingerprint density at radius 3 is 2.24 bits per heavy atom. The minimum absolute atomic E-state index is 0.0468. The highest BCUT2D eigenvalue weighted by Gasteiger charge is 2.33. The zero-order valence-corrected chi connectivity index (χ0v) is 23.1. The van der Waals surface area contributed by atoms with Gasteiger partial charge in [0, 0.05) is 5.69 Å². The fourth-order valence-corrected chi connectivity index (χ4v) is 6.70. The molecular weight excluding hydrogens is 474 g/mol. The molecule has 0 radical (unpaired) electrons. The zero-order valence-electron chi connectivity index (χ0n) is 22.3. The lowest BCUT2D eigenvalue weighted by Gasteiger charge is -2.34. The number of carbonyl (C=O) groups is 1. The van der Waals surface area contributed by atoms with Crippen LogP contribution in [0.4, 0.5) is 11.4 Å². The second-order valence-electron chi connectivity index (χ2n) is 11.3. The molecule has 0 spiro atoms. The van der Waals surface area contributed by atoms with E-state index in [-0.39, 0.29) is 16.6 Å². The van der Waals surface area contributed by atoms with Gasteiger partial charge in [-0.05, 0) is 84.7 Å². The maximum Gasteiger partial charge on any atom is 0.245 e. The van der Waals surface area contributed by atoms with Crippen LogP contribution in [0.2, 0.25) is 0 Å². The molecule has 0 fully saturated rings. The number of benzene rings is 2. The number of pyridine rings is 1. The van der Waals surface area contributed by atoms with Crippen molar-refractivity contribution in [3.8, 4) is 6.07 Å². The van der Waals surface area contributed by atoms with Crippen molar-refractivity contribution in [3.63, 3.8) is 0 Å². The van der Waals surface area contributed by atoms with Crippen LogP contribution in [0, 0.1) is 22.7 Å². The van der Waals surface area contributed by atoms with E-state index in [0.717, 1.165) is 49.2 Å². The number of carbonyl (C=O) groups excluding carboxylic acids is 1. The SMILES string of the molecule is CCC(Sc1nc2c(cc1C#N)CC(C(C)(C)C)CC2)C(=O)N1c2ccccc2CCc2ccccc21. The molecule has 1 aromatic heterocycles. The molecule has 0 saturated heterocycles. The molecule has 37 heavy (non-hydrogen) atoms. The molecule has 1 amide bonds. The molecule has 1 aliphatic carbocycles. The van der Waals surface area contributed by atoms with Crippen LogP contribution in [0.1, 0.15) is 68.5 Å². The van der Waals surface area contributed by atoms with Crippen molar-refractivity contribution in [2.75, 3.05) is 4.90 Å². The number of amides is 1. The minimum atomic E-state index is -0.345. The third kappa shape index (κ3) is 5.05. The van der Waals surface area contributed by atoms with Gasteiger partial charge < -0.3 is 0 Å². The highest BCUT2D eigenvalue weighted by molar-refractivity contribution is 8.00. The lowest BCUT2D eigenvalue weighted by molar-refractivity contribution is -0.117. The van der Waals surface area contributed by atoms with Crippen molar-refractivity contribution in [3.05, 3.63) is 82.5 Å². The Kier molecular flexibility index (Phi) is 7.14. The summed E-state index contributed by atoms with van der Waals surface area (Å²) in [6.07, 6.45) is 5.46. The molecule has 190 valence electrons. The van der Waals surface area contributed by atoms with E-state index in [1.54, 1.807) is 0 Å². The van der Waals surface area contributed by atoms with Crippen LogP contribution in [0.3, 0.4) is 0 Å². The van der Waals surface area contributed by atoms with Crippen LogP contribution < -0.4 is 4.90 Å². The summed E-state index contributed by atoms with van der Waals surface area (Å²) >= 11 is 1.45. The Morgan fingerprint density at radius 1 is 1.05 bits per heavy atom. The maximum absolute atomic E-state index is 14.2. The topological polar surface area (TPSA) is 57.0 Å². The van der Waals surface area contributed by atoms with Crippen LogP contribution in [0.25, 0.3) is 0 Å². The van der Waals surface area contributed by atoms with Crippen LogP contribution in [-0.2, 0) is 30.5 Å². The van der Waals surface area contributed by atoms with Gasteiger partial charge in [-0.25, -0.2) is 4.98 Å². The van der Waals surface area contributed by atoms with Gasteiger partial charge in [0.1, 0.15) is 11.1 Å². The van der Waals surface area contributed by atoms with E-state index in [9.17, 15) is 10.1 Å². The third-order valence-corrected chi connectivity index (χ3v) is 9.30. The molecule has 2 aromatic carbocycles. The first kappa shape index (κ1) is 25.5. The average Bonchev–Trinajstić information content (AvgIpc) is 3.07. The number of nitrogens with zero attached hydrogens (tertiary/aromatic N) is 3. The lowest BCUT2D eigenvalue weighted by atomic mass is 9.71. The molecule has 0 N–H and O–H groups in total. The molecule has 5 heteroatoms. The van der Waals surface area contributed by atoms with Gasteiger partial charge in [-0.1, -0.05) is 75.9 Å². The quantitative estimate of drug-likeness (QED) is 0.343. The normalized spacial score (nSPS) is 17.6. The van der Waals surface area contributed by atoms with E-state index >= 15 is 0 Å². The van der Waals surface area contributed by atoms with E-state index in [1.165, 1.54) is 28.5 Å². The zero-order chi connectivity index (χ0) is 26.2. The van der Waals surface area contributed by atoms with Gasteiger partial charge in [-0.3, -0.25) is 9.69 Å². The number of hydrogen-bond acceptors (Lipinski definition) is 4. The molecule has 3 aromatic rings. The second-order valence-corrected chi connectivity index (χ2v) is 12.5. The molecule has 1 aliphatic heterocycles. The molecular formula is C32H35N3OS. The van der Waals surface area contributed by atoms with Crippen LogP contribution in [0.5, 0.6) is 0 Å². The number of thioether (sulfide) groups is 1. The van der Waals surface area contributed by atoms with E-state index in [1.807, 2.05) is 42.2 Å². The summed E-state index contributed by atoms with van der Waals surface area (Å²) in [7, 11) is 0. The minimum Gasteiger partial charge on any atom is -0.280 e. The summed E-state index contributed by atoms with van der Waals surface area (Å²) in [6, 6.07) is 20.9. The standard InChI is InChI=1S/C32H35N3OS/c1-5-29(37-30-24(20-33)18-23-19-25(32(2,3)4)16-17-26(23)34-30)31(36)35-27-12-8-6-10-21(27)14-15-22-11-7-9-13-28(22)35/h6-13,18,25,29H,5,14-17,19H2,1-4H3. The fourth-order valence-electron chi connectivity index (χ4n) is 5.66. The molecule has 2 atom stereocenters. The Labute approximate surface area is 225 Å². The van der Waals surface area contributed by atoms with E-state index in [0.29, 0.717) is 22.9 Å². The van der Waals surface area contributed by atoms with E-state index < -0.39 is 0 Å². The van der Waals surface area contributed by atoms with Gasteiger partial charge in [0.15, 0.2) is 0 Å². The summed E-state index contributed by atoms with van der Waals surface area (Å²) in [4.78, 5) is 21.2. The molecule has 2 heterocycles. The van der Waals surface area contributed by atoms with Gasteiger partial charge in [-0.2, -0.15) is 5.26 Å². The summed E-state index contributed by atoms with van der Waals surface area (Å²) < 4.78 is 0. The highest BCUT2D eigenvalue weighted by atomic mass is 32.2. The first-order chi connectivity index (χ1) is 17.8. The Morgan fingerprint density at radius 2 is 1.68 bits per heavy atom. The first-order valence-corrected chi connectivity index (χ1v) is 14.3. The number of para-hydroxylation sites is 2. The monoisotopic (exact) mass is 509 g/mol. The Balaban J connectivity index is 1.49. The first-order valence-electron chi connectivity index (χ1n) is 13.4. The van der Waals surface area contributed by atoms with Gasteiger partial charge >= 0.3 is 0 Å². The van der Waals surface area contributed by atoms with Gasteiger partial charge in [0.2, 0.25) is 5.91 Å². The highest BCUT2D eigenvalue weighted by Crippen LogP contribution is 2.41. The van der Waals surface area contributed by atoms with Crippen molar-refractivity contribution in [1.29, 1.82) is 5.26 Å². The number of aryl methyl sites for hydroxylation is 3. The Bertz CT molecular complexity index is 1320. The number of hydrogen-bond donors (Lipinski definition) is 0. The average molecular weight is 510 g/mol. The predicted octanol–water partition coefficient (Wildman–Crippen LogP) is 7.44. The summed E-state index contributed by atoms with van der Waals surface area (Å²) in [5.41, 5.74) is 7.40. The molecule has 5 rings (SSSR count). The van der Waals surface area contributed by atoms with Crippen molar-refractivity contribution >= 4 is 29.0 Å². The number of nitriles is 1.